The van der Waals surface area contributed by atoms with Gasteiger partial charge in [-0.1, -0.05) is 0 Å². The topological polar surface area (TPSA) is 124 Å². The molecule has 0 saturated carbocycles. The van der Waals surface area contributed by atoms with Crippen LogP contribution in [0.25, 0.3) is 0 Å². The summed E-state index contributed by atoms with van der Waals surface area (Å²) in [7, 11) is -3.11. The molecular formula is C15H15BrN4O5S. The lowest BCUT2D eigenvalue weighted by Crippen LogP contribution is -2.19. The van der Waals surface area contributed by atoms with Gasteiger partial charge in [0.2, 0.25) is 0 Å². The molecule has 0 aliphatic carbocycles. The molecule has 1 amide bonds. The summed E-state index contributed by atoms with van der Waals surface area (Å²) in [6, 6.07) is 5.35. The van der Waals surface area contributed by atoms with Crippen molar-refractivity contribution in [3.8, 4) is 0 Å². The monoisotopic (exact) mass is 442 g/mol. The number of carbonyl (C=O) groups is 1. The Hall–Kier alpha value is -2.27. The van der Waals surface area contributed by atoms with Crippen LogP contribution in [0, 0.1) is 17.0 Å². The van der Waals surface area contributed by atoms with E-state index in [-0.39, 0.29) is 33.3 Å². The highest BCUT2D eigenvalue weighted by molar-refractivity contribution is 9.10. The normalized spacial score (nSPS) is 18.6. The Morgan fingerprint density at radius 2 is 2.15 bits per heavy atom. The molecule has 1 aliphatic rings. The van der Waals surface area contributed by atoms with Gasteiger partial charge in [-0.05, 0) is 41.4 Å². The molecule has 9 nitrogen and oxygen atoms in total. The minimum absolute atomic E-state index is 0.0270. The minimum atomic E-state index is -3.11. The summed E-state index contributed by atoms with van der Waals surface area (Å²) in [5.41, 5.74) is 0.528. The van der Waals surface area contributed by atoms with Crippen molar-refractivity contribution in [3.05, 3.63) is 50.1 Å². The van der Waals surface area contributed by atoms with Crippen LogP contribution < -0.4 is 5.32 Å². The van der Waals surface area contributed by atoms with Crippen molar-refractivity contribution in [1.29, 1.82) is 0 Å². The molecule has 1 aromatic heterocycles. The van der Waals surface area contributed by atoms with Gasteiger partial charge in [-0.2, -0.15) is 5.10 Å². The number of anilines is 1. The van der Waals surface area contributed by atoms with E-state index in [2.05, 4.69) is 26.3 Å². The lowest BCUT2D eigenvalue weighted by atomic mass is 10.2. The number of rotatable bonds is 4. The van der Waals surface area contributed by atoms with Gasteiger partial charge in [0, 0.05) is 17.7 Å². The van der Waals surface area contributed by atoms with Crippen LogP contribution in [-0.2, 0) is 9.84 Å². The first-order valence-corrected chi connectivity index (χ1v) is 10.3. The molecule has 2 heterocycles. The summed E-state index contributed by atoms with van der Waals surface area (Å²) in [6.07, 6.45) is 0.427. The predicted octanol–water partition coefficient (Wildman–Crippen LogP) is 2.47. The summed E-state index contributed by atoms with van der Waals surface area (Å²) in [6.45, 7) is 1.74. The second-order valence-corrected chi connectivity index (χ2v) is 9.13. The predicted molar refractivity (Wildman–Crippen MR) is 98.0 cm³/mol. The molecule has 2 aromatic rings. The highest BCUT2D eigenvalue weighted by Crippen LogP contribution is 2.28. The SMILES string of the molecule is Cc1cc(NC(=O)c2ccc(Br)c([N+](=O)[O-])c2)n(C2CCS(=O)(=O)C2)n1. The molecule has 138 valence electrons. The third kappa shape index (κ3) is 3.78. The Morgan fingerprint density at radius 1 is 1.42 bits per heavy atom. The van der Waals surface area contributed by atoms with Crippen LogP contribution in [0.5, 0.6) is 0 Å². The Morgan fingerprint density at radius 3 is 2.77 bits per heavy atom. The van der Waals surface area contributed by atoms with Crippen molar-refractivity contribution in [2.45, 2.75) is 19.4 Å². The van der Waals surface area contributed by atoms with E-state index in [0.29, 0.717) is 17.9 Å². The lowest BCUT2D eigenvalue weighted by Gasteiger charge is -2.13. The second-order valence-electron chi connectivity index (χ2n) is 6.05. The molecule has 1 N–H and O–H groups in total. The zero-order chi connectivity index (χ0) is 19.1. The second kappa shape index (κ2) is 6.80. The zero-order valence-electron chi connectivity index (χ0n) is 13.7. The van der Waals surface area contributed by atoms with Crippen LogP contribution in [0.2, 0.25) is 0 Å². The fourth-order valence-electron chi connectivity index (χ4n) is 2.84. The largest absolute Gasteiger partial charge is 0.307 e. The standard InChI is InChI=1S/C15H15BrN4O5S/c1-9-6-14(19(18-9)11-4-5-26(24,25)8-11)17-15(21)10-2-3-12(16)13(7-10)20(22)23/h2-3,6-7,11H,4-5,8H2,1H3,(H,17,21). The maximum Gasteiger partial charge on any atom is 0.284 e. The van der Waals surface area contributed by atoms with E-state index in [0.717, 1.165) is 0 Å². The summed E-state index contributed by atoms with van der Waals surface area (Å²) in [5.74, 6) is -0.119. The van der Waals surface area contributed by atoms with Gasteiger partial charge < -0.3 is 5.32 Å². The van der Waals surface area contributed by atoms with Gasteiger partial charge in [0.15, 0.2) is 9.84 Å². The number of nitro groups is 1. The summed E-state index contributed by atoms with van der Waals surface area (Å²) < 4.78 is 25.2. The number of sulfone groups is 1. The quantitative estimate of drug-likeness (QED) is 0.572. The third-order valence-corrected chi connectivity index (χ3v) is 6.48. The highest BCUT2D eigenvalue weighted by Gasteiger charge is 2.31. The van der Waals surface area contributed by atoms with Crippen molar-refractivity contribution in [1.82, 2.24) is 9.78 Å². The first-order chi connectivity index (χ1) is 12.2. The maximum absolute atomic E-state index is 12.5. The molecule has 11 heteroatoms. The number of halogens is 1. The molecule has 1 unspecified atom stereocenters. The highest BCUT2D eigenvalue weighted by atomic mass is 79.9. The summed E-state index contributed by atoms with van der Waals surface area (Å²) in [4.78, 5) is 22.9. The van der Waals surface area contributed by atoms with Crippen molar-refractivity contribution in [2.75, 3.05) is 16.8 Å². The van der Waals surface area contributed by atoms with Crippen LogP contribution in [0.4, 0.5) is 11.5 Å². The minimum Gasteiger partial charge on any atom is -0.307 e. The number of hydrogen-bond acceptors (Lipinski definition) is 6. The number of nitrogens with one attached hydrogen (secondary N) is 1. The van der Waals surface area contributed by atoms with Crippen LogP contribution in [0.3, 0.4) is 0 Å². The molecule has 0 radical (unpaired) electrons. The average Bonchev–Trinajstić information content (AvgIpc) is 3.09. The van der Waals surface area contributed by atoms with E-state index in [1.165, 1.54) is 22.9 Å². The van der Waals surface area contributed by atoms with Crippen molar-refractivity contribution < 1.29 is 18.1 Å². The molecule has 1 saturated heterocycles. The molecule has 1 aliphatic heterocycles. The molecular weight excluding hydrogens is 428 g/mol. The summed E-state index contributed by atoms with van der Waals surface area (Å²) in [5, 5.41) is 18.0. The van der Waals surface area contributed by atoms with Gasteiger partial charge in [-0.3, -0.25) is 14.9 Å². The molecule has 1 fully saturated rings. The number of aromatic nitrogens is 2. The number of nitro benzene ring substituents is 1. The number of amides is 1. The first-order valence-electron chi connectivity index (χ1n) is 7.68. The number of nitrogens with zero attached hydrogens (tertiary/aromatic N) is 3. The van der Waals surface area contributed by atoms with Crippen LogP contribution >= 0.6 is 15.9 Å². The van der Waals surface area contributed by atoms with Gasteiger partial charge in [-0.25, -0.2) is 13.1 Å². The third-order valence-electron chi connectivity index (χ3n) is 4.06. The van der Waals surface area contributed by atoms with Crippen LogP contribution in [0.1, 0.15) is 28.5 Å². The van der Waals surface area contributed by atoms with Gasteiger partial charge >= 0.3 is 0 Å². The lowest BCUT2D eigenvalue weighted by molar-refractivity contribution is -0.385. The van der Waals surface area contributed by atoms with Gasteiger partial charge in [0.1, 0.15) is 5.82 Å². The molecule has 1 atom stereocenters. The Bertz CT molecular complexity index is 1000. The van der Waals surface area contributed by atoms with Crippen LogP contribution in [-0.4, -0.2) is 40.5 Å². The number of carbonyl (C=O) groups excluding carboxylic acids is 1. The van der Waals surface area contributed by atoms with Crippen molar-refractivity contribution in [3.63, 3.8) is 0 Å². The van der Waals surface area contributed by atoms with E-state index in [9.17, 15) is 23.3 Å². The molecule has 26 heavy (non-hydrogen) atoms. The van der Waals surface area contributed by atoms with Gasteiger partial charge in [0.05, 0.1) is 32.6 Å². The fraction of sp³-hybridized carbons (Fsp3) is 0.333. The smallest absolute Gasteiger partial charge is 0.284 e. The van der Waals surface area contributed by atoms with Gasteiger partial charge in [0.25, 0.3) is 11.6 Å². The van der Waals surface area contributed by atoms with E-state index in [4.69, 9.17) is 0 Å². The Labute approximate surface area is 157 Å². The van der Waals surface area contributed by atoms with E-state index in [1.807, 2.05) is 0 Å². The Balaban J connectivity index is 1.87. The van der Waals surface area contributed by atoms with Crippen molar-refractivity contribution in [2.24, 2.45) is 0 Å². The van der Waals surface area contributed by atoms with Crippen molar-refractivity contribution >= 4 is 43.2 Å². The first kappa shape index (κ1) is 18.5. The molecule has 0 bridgehead atoms. The van der Waals surface area contributed by atoms with Crippen LogP contribution in [0.15, 0.2) is 28.7 Å². The molecule has 0 spiro atoms. The van der Waals surface area contributed by atoms with E-state index in [1.54, 1.807) is 13.0 Å². The van der Waals surface area contributed by atoms with E-state index < -0.39 is 20.7 Å². The number of aryl methyl sites for hydroxylation is 1. The molecule has 3 rings (SSSR count). The molecule has 1 aromatic carbocycles. The zero-order valence-corrected chi connectivity index (χ0v) is 16.1. The summed E-state index contributed by atoms with van der Waals surface area (Å²) >= 11 is 3.07. The number of benzene rings is 1. The Kier molecular flexibility index (Phi) is 4.84. The fourth-order valence-corrected chi connectivity index (χ4v) is 4.92. The number of hydrogen-bond donors (Lipinski definition) is 1. The average molecular weight is 443 g/mol. The van der Waals surface area contributed by atoms with Gasteiger partial charge in [-0.15, -0.1) is 0 Å². The maximum atomic E-state index is 12.5. The van der Waals surface area contributed by atoms with E-state index >= 15 is 0 Å².